The van der Waals surface area contributed by atoms with E-state index >= 15 is 0 Å². The number of carbonyl (C=O) groups is 1. The number of Topliss-reactive ketones (excluding diaryl/α,β-unsaturated/α-hetero) is 1. The van der Waals surface area contributed by atoms with Crippen LogP contribution in [0.1, 0.15) is 34.0 Å². The number of carbonyl (C=O) groups excluding carboxylic acids is 1. The molecule has 2 aromatic heterocycles. The molecule has 0 unspecified atom stereocenters. The third kappa shape index (κ3) is 5.20. The molecule has 0 fully saturated rings. The molecule has 4 aromatic rings. The summed E-state index contributed by atoms with van der Waals surface area (Å²) in [4.78, 5) is 30.3. The van der Waals surface area contributed by atoms with Crippen LogP contribution in [0.15, 0.2) is 62.2 Å². The van der Waals surface area contributed by atoms with Gasteiger partial charge < -0.3 is 23.4 Å². The first-order chi connectivity index (χ1) is 16.4. The highest BCUT2D eigenvalue weighted by Crippen LogP contribution is 2.29. The molecule has 0 atom stereocenters. The number of H-pyrrole nitrogens is 1. The molecular weight excluding hydrogens is 440 g/mol. The second kappa shape index (κ2) is 10.1. The van der Waals surface area contributed by atoms with Gasteiger partial charge in [-0.15, -0.1) is 0 Å². The Morgan fingerprint density at radius 2 is 1.88 bits per heavy atom. The minimum absolute atomic E-state index is 0.219. The lowest BCUT2D eigenvalue weighted by atomic mass is 10.1. The van der Waals surface area contributed by atoms with Crippen LogP contribution >= 0.6 is 0 Å². The number of benzene rings is 2. The van der Waals surface area contributed by atoms with E-state index in [2.05, 4.69) is 9.97 Å². The molecule has 0 saturated heterocycles. The number of rotatable bonds is 10. The van der Waals surface area contributed by atoms with Crippen molar-refractivity contribution in [3.8, 4) is 28.8 Å². The Bertz CT molecular complexity index is 1340. The molecule has 0 aliphatic rings. The number of aromatic hydroxyl groups is 1. The van der Waals surface area contributed by atoms with Crippen molar-refractivity contribution in [1.82, 2.24) is 9.97 Å². The SMILES string of the molecule is COc1cc(CCCc2oc(=O)[nH]c2O)ccc1OCC(=O)c1nc(-c2ccccc2)oc1C. The average Bonchev–Trinajstić information content (AvgIpc) is 3.39. The van der Waals surface area contributed by atoms with Gasteiger partial charge in [0.25, 0.3) is 0 Å². The highest BCUT2D eigenvalue weighted by atomic mass is 16.5. The van der Waals surface area contributed by atoms with E-state index in [1.165, 1.54) is 7.11 Å². The van der Waals surface area contributed by atoms with Crippen LogP contribution in [0.25, 0.3) is 11.5 Å². The van der Waals surface area contributed by atoms with E-state index in [1.54, 1.807) is 13.0 Å². The van der Waals surface area contributed by atoms with E-state index in [1.807, 2.05) is 42.5 Å². The van der Waals surface area contributed by atoms with Gasteiger partial charge in [-0.1, -0.05) is 24.3 Å². The number of nitrogens with one attached hydrogen (secondary N) is 1. The van der Waals surface area contributed by atoms with Crippen molar-refractivity contribution >= 4 is 5.78 Å². The number of aromatic nitrogens is 2. The zero-order chi connectivity index (χ0) is 24.1. The van der Waals surface area contributed by atoms with Gasteiger partial charge in [-0.25, -0.2) is 9.78 Å². The second-order valence-corrected chi connectivity index (χ2v) is 7.63. The summed E-state index contributed by atoms with van der Waals surface area (Å²) in [6.07, 6.45) is 1.71. The van der Waals surface area contributed by atoms with Gasteiger partial charge in [0.2, 0.25) is 17.6 Å². The Morgan fingerprint density at radius 3 is 2.59 bits per heavy atom. The number of methoxy groups -OCH3 is 1. The molecule has 0 bridgehead atoms. The Hall–Kier alpha value is -4.27. The average molecular weight is 464 g/mol. The smallest absolute Gasteiger partial charge is 0.419 e. The predicted molar refractivity (Wildman–Crippen MR) is 123 cm³/mol. The normalized spacial score (nSPS) is 10.9. The molecule has 0 radical (unpaired) electrons. The molecular formula is C25H24N2O7. The summed E-state index contributed by atoms with van der Waals surface area (Å²) in [6.45, 7) is 1.48. The summed E-state index contributed by atoms with van der Waals surface area (Å²) in [5.74, 6) is 0.740. The standard InChI is InChI=1S/C25H24N2O7/c1-15-22(26-24(33-15)17-8-4-3-5-9-17)18(28)14-32-19-12-11-16(13-21(19)31-2)7-6-10-20-23(29)27-25(30)34-20/h3-5,8-9,11-13,29H,6-7,10,14H2,1-2H3,(H,27,30). The van der Waals surface area contributed by atoms with E-state index in [9.17, 15) is 14.7 Å². The van der Waals surface area contributed by atoms with Crippen LogP contribution in [0.4, 0.5) is 0 Å². The van der Waals surface area contributed by atoms with Crippen LogP contribution in [0, 0.1) is 6.92 Å². The topological polar surface area (TPSA) is 128 Å². The molecule has 4 rings (SSSR count). The van der Waals surface area contributed by atoms with Crippen LogP contribution < -0.4 is 15.2 Å². The first kappa shape index (κ1) is 22.9. The summed E-state index contributed by atoms with van der Waals surface area (Å²) in [7, 11) is 1.52. The van der Waals surface area contributed by atoms with Gasteiger partial charge in [-0.2, -0.15) is 0 Å². The zero-order valence-electron chi connectivity index (χ0n) is 18.8. The number of hydrogen-bond acceptors (Lipinski definition) is 8. The minimum atomic E-state index is -0.678. The summed E-state index contributed by atoms with van der Waals surface area (Å²) >= 11 is 0. The summed E-state index contributed by atoms with van der Waals surface area (Å²) < 4.78 is 21.7. The number of ketones is 1. The Labute approximate surface area is 195 Å². The lowest BCUT2D eigenvalue weighted by molar-refractivity contribution is 0.0913. The number of ether oxygens (including phenoxy) is 2. The molecule has 0 aliphatic carbocycles. The maximum Gasteiger partial charge on any atom is 0.419 e. The van der Waals surface area contributed by atoms with Gasteiger partial charge in [0, 0.05) is 12.0 Å². The molecule has 2 N–H and O–H groups in total. The molecule has 0 spiro atoms. The van der Waals surface area contributed by atoms with Gasteiger partial charge in [0.1, 0.15) is 5.76 Å². The summed E-state index contributed by atoms with van der Waals surface area (Å²) in [5.41, 5.74) is 1.98. The molecule has 0 saturated carbocycles. The number of aryl methyl sites for hydroxylation is 3. The third-order valence-corrected chi connectivity index (χ3v) is 5.24. The molecule has 0 amide bonds. The van der Waals surface area contributed by atoms with Crippen LogP contribution in [0.3, 0.4) is 0 Å². The fourth-order valence-corrected chi connectivity index (χ4v) is 3.53. The van der Waals surface area contributed by atoms with Gasteiger partial charge in [0.15, 0.2) is 29.6 Å². The third-order valence-electron chi connectivity index (χ3n) is 5.24. The van der Waals surface area contributed by atoms with E-state index in [0.29, 0.717) is 42.4 Å². The number of nitrogens with zero attached hydrogens (tertiary/aromatic N) is 1. The lowest BCUT2D eigenvalue weighted by Crippen LogP contribution is -2.13. The highest BCUT2D eigenvalue weighted by Gasteiger charge is 2.19. The van der Waals surface area contributed by atoms with Crippen LogP contribution in [0.2, 0.25) is 0 Å². The quantitative estimate of drug-likeness (QED) is 0.336. The summed E-state index contributed by atoms with van der Waals surface area (Å²) in [6, 6.07) is 14.8. The van der Waals surface area contributed by atoms with E-state index < -0.39 is 5.76 Å². The van der Waals surface area contributed by atoms with Crippen molar-refractivity contribution in [3.05, 3.63) is 81.9 Å². The van der Waals surface area contributed by atoms with Gasteiger partial charge in [0.05, 0.1) is 7.11 Å². The van der Waals surface area contributed by atoms with E-state index in [4.69, 9.17) is 18.3 Å². The first-order valence-electron chi connectivity index (χ1n) is 10.7. The molecule has 2 aromatic carbocycles. The fourth-order valence-electron chi connectivity index (χ4n) is 3.53. The Kier molecular flexibility index (Phi) is 6.82. The number of hydrogen-bond donors (Lipinski definition) is 2. The summed E-state index contributed by atoms with van der Waals surface area (Å²) in [5, 5.41) is 9.59. The van der Waals surface area contributed by atoms with E-state index in [-0.39, 0.29) is 29.7 Å². The monoisotopic (exact) mass is 464 g/mol. The maximum absolute atomic E-state index is 12.7. The second-order valence-electron chi connectivity index (χ2n) is 7.63. The van der Waals surface area contributed by atoms with Gasteiger partial charge in [-0.05, 0) is 49.6 Å². The lowest BCUT2D eigenvalue weighted by Gasteiger charge is -2.11. The predicted octanol–water partition coefficient (Wildman–Crippen LogP) is 4.08. The first-order valence-corrected chi connectivity index (χ1v) is 10.7. The molecule has 0 aliphatic heterocycles. The number of aromatic amines is 1. The molecule has 34 heavy (non-hydrogen) atoms. The van der Waals surface area contributed by atoms with Crippen LogP contribution in [-0.2, 0) is 12.8 Å². The Morgan fingerprint density at radius 1 is 1.09 bits per heavy atom. The van der Waals surface area contributed by atoms with Gasteiger partial charge in [-0.3, -0.25) is 9.78 Å². The molecule has 176 valence electrons. The van der Waals surface area contributed by atoms with Crippen LogP contribution in [0.5, 0.6) is 17.4 Å². The van der Waals surface area contributed by atoms with Crippen molar-refractivity contribution in [2.24, 2.45) is 0 Å². The zero-order valence-corrected chi connectivity index (χ0v) is 18.8. The maximum atomic E-state index is 12.7. The van der Waals surface area contributed by atoms with Crippen molar-refractivity contribution in [2.45, 2.75) is 26.2 Å². The Balaban J connectivity index is 1.37. The highest BCUT2D eigenvalue weighted by molar-refractivity contribution is 5.96. The largest absolute Gasteiger partial charge is 0.493 e. The molecule has 2 heterocycles. The van der Waals surface area contributed by atoms with Gasteiger partial charge >= 0.3 is 5.76 Å². The molecule has 9 heteroatoms. The van der Waals surface area contributed by atoms with Crippen molar-refractivity contribution in [1.29, 1.82) is 0 Å². The molecule has 9 nitrogen and oxygen atoms in total. The fraction of sp³-hybridized carbons (Fsp3) is 0.240. The van der Waals surface area contributed by atoms with E-state index in [0.717, 1.165) is 11.1 Å². The van der Waals surface area contributed by atoms with Crippen molar-refractivity contribution < 1.29 is 28.2 Å². The minimum Gasteiger partial charge on any atom is -0.493 e. The van der Waals surface area contributed by atoms with Crippen molar-refractivity contribution in [3.63, 3.8) is 0 Å². The van der Waals surface area contributed by atoms with Crippen molar-refractivity contribution in [2.75, 3.05) is 13.7 Å². The van der Waals surface area contributed by atoms with Crippen LogP contribution in [-0.4, -0.2) is 34.6 Å². The number of oxazole rings is 2.